The Balaban J connectivity index is 1.61. The van der Waals surface area contributed by atoms with Crippen LogP contribution in [0.1, 0.15) is 64.5 Å². The molecule has 0 radical (unpaired) electrons. The third-order valence-corrected chi connectivity index (χ3v) is 6.87. The van der Waals surface area contributed by atoms with E-state index in [1.54, 1.807) is 0 Å². The summed E-state index contributed by atoms with van der Waals surface area (Å²) in [4.78, 5) is 0. The summed E-state index contributed by atoms with van der Waals surface area (Å²) in [6.07, 6.45) is 7.11. The summed E-state index contributed by atoms with van der Waals surface area (Å²) >= 11 is 0. The average molecular weight is 283 g/mol. The monoisotopic (exact) mass is 283 g/mol. The first-order chi connectivity index (χ1) is 10.0. The molecule has 0 aromatic heterocycles. The van der Waals surface area contributed by atoms with E-state index in [9.17, 15) is 0 Å². The fourth-order valence-corrected chi connectivity index (χ4v) is 5.49. The number of nitrogens with one attached hydrogen (secondary N) is 1. The number of hydrogen-bond acceptors (Lipinski definition) is 1. The van der Waals surface area contributed by atoms with Crippen molar-refractivity contribution in [3.05, 3.63) is 35.9 Å². The summed E-state index contributed by atoms with van der Waals surface area (Å²) in [5.41, 5.74) is 2.48. The van der Waals surface area contributed by atoms with Gasteiger partial charge in [0.05, 0.1) is 0 Å². The molecule has 4 rings (SSSR count). The summed E-state index contributed by atoms with van der Waals surface area (Å²) in [6.45, 7) is 7.55. The third-order valence-electron chi connectivity index (χ3n) is 6.87. The Bertz CT molecular complexity index is 511. The molecule has 3 aliphatic carbocycles. The van der Waals surface area contributed by atoms with Crippen LogP contribution in [0.3, 0.4) is 0 Å². The average Bonchev–Trinajstić information content (AvgIpc) is 3.18. The zero-order chi connectivity index (χ0) is 14.7. The van der Waals surface area contributed by atoms with Crippen LogP contribution in [-0.4, -0.2) is 6.04 Å². The fourth-order valence-electron chi connectivity index (χ4n) is 5.49. The standard InChI is InChI=1S/C20H29N/c1-19(2)16-11-12-20(3,13-16)18(19)21-17(15-9-10-15)14-7-5-4-6-8-14/h4-8,15-18,21H,9-13H2,1-3H3/t16-,17?,18?,20+/m0/s1. The normalized spacial score (nSPS) is 38.6. The molecule has 1 nitrogen and oxygen atoms in total. The second-order valence-corrected chi connectivity index (χ2v) is 8.74. The van der Waals surface area contributed by atoms with Crippen LogP contribution in [0.4, 0.5) is 0 Å². The maximum absolute atomic E-state index is 4.16. The highest BCUT2D eigenvalue weighted by Crippen LogP contribution is 2.63. The van der Waals surface area contributed by atoms with E-state index in [0.717, 1.165) is 11.8 Å². The SMILES string of the molecule is CC1(C)C(NC(c2ccccc2)C2CC2)[C@]2(C)CC[C@H]1C2. The van der Waals surface area contributed by atoms with Crippen LogP contribution in [0.5, 0.6) is 0 Å². The molecule has 0 heterocycles. The number of benzene rings is 1. The molecule has 1 heteroatoms. The Hall–Kier alpha value is -0.820. The lowest BCUT2D eigenvalue weighted by Crippen LogP contribution is -2.51. The van der Waals surface area contributed by atoms with Gasteiger partial charge in [-0.3, -0.25) is 0 Å². The molecular formula is C20H29N. The highest BCUT2D eigenvalue weighted by atomic mass is 15.0. The third kappa shape index (κ3) is 2.16. The van der Waals surface area contributed by atoms with Gasteiger partial charge in [-0.25, -0.2) is 0 Å². The molecule has 114 valence electrons. The highest BCUT2D eigenvalue weighted by molar-refractivity contribution is 5.23. The van der Waals surface area contributed by atoms with Crippen molar-refractivity contribution in [1.82, 2.24) is 5.32 Å². The molecule has 3 fully saturated rings. The molecule has 1 aromatic carbocycles. The van der Waals surface area contributed by atoms with E-state index in [2.05, 4.69) is 56.4 Å². The molecule has 1 aromatic rings. The van der Waals surface area contributed by atoms with Crippen LogP contribution in [0, 0.1) is 22.7 Å². The number of rotatable bonds is 4. The van der Waals surface area contributed by atoms with Crippen molar-refractivity contribution < 1.29 is 0 Å². The van der Waals surface area contributed by atoms with E-state index < -0.39 is 0 Å². The first-order valence-corrected chi connectivity index (χ1v) is 8.82. The van der Waals surface area contributed by atoms with Crippen LogP contribution in [-0.2, 0) is 0 Å². The van der Waals surface area contributed by atoms with Gasteiger partial charge in [0.1, 0.15) is 0 Å². The highest BCUT2D eigenvalue weighted by Gasteiger charge is 2.59. The molecule has 2 unspecified atom stereocenters. The van der Waals surface area contributed by atoms with Crippen molar-refractivity contribution >= 4 is 0 Å². The molecule has 0 saturated heterocycles. The van der Waals surface area contributed by atoms with Gasteiger partial charge in [-0.2, -0.15) is 0 Å². The molecular weight excluding hydrogens is 254 g/mol. The van der Waals surface area contributed by atoms with E-state index in [1.165, 1.54) is 37.7 Å². The van der Waals surface area contributed by atoms with Gasteiger partial charge in [-0.15, -0.1) is 0 Å². The number of hydrogen-bond donors (Lipinski definition) is 1. The summed E-state index contributed by atoms with van der Waals surface area (Å²) in [6, 6.07) is 12.4. The van der Waals surface area contributed by atoms with Gasteiger partial charge in [0.2, 0.25) is 0 Å². The second kappa shape index (κ2) is 4.59. The van der Waals surface area contributed by atoms with Crippen LogP contribution >= 0.6 is 0 Å². The van der Waals surface area contributed by atoms with Gasteiger partial charge in [0.25, 0.3) is 0 Å². The van der Waals surface area contributed by atoms with Crippen molar-refractivity contribution in [2.24, 2.45) is 22.7 Å². The minimum absolute atomic E-state index is 0.453. The molecule has 21 heavy (non-hydrogen) atoms. The lowest BCUT2D eigenvalue weighted by atomic mass is 9.68. The largest absolute Gasteiger partial charge is 0.306 e. The first-order valence-electron chi connectivity index (χ1n) is 8.82. The van der Waals surface area contributed by atoms with Crippen LogP contribution in [0.15, 0.2) is 30.3 Å². The number of fused-ring (bicyclic) bond motifs is 2. The summed E-state index contributed by atoms with van der Waals surface area (Å²) in [7, 11) is 0. The van der Waals surface area contributed by atoms with Crippen molar-refractivity contribution in [3.63, 3.8) is 0 Å². The Labute approximate surface area is 129 Å². The second-order valence-electron chi connectivity index (χ2n) is 8.74. The van der Waals surface area contributed by atoms with E-state index in [1.807, 2.05) is 0 Å². The minimum atomic E-state index is 0.453. The van der Waals surface area contributed by atoms with E-state index in [4.69, 9.17) is 0 Å². The van der Waals surface area contributed by atoms with Crippen molar-refractivity contribution in [2.45, 2.75) is 65.0 Å². The predicted molar refractivity (Wildman–Crippen MR) is 88.1 cm³/mol. The lowest BCUT2D eigenvalue weighted by molar-refractivity contribution is 0.0952. The zero-order valence-electron chi connectivity index (χ0n) is 13.7. The molecule has 1 N–H and O–H groups in total. The molecule has 4 atom stereocenters. The molecule has 0 aliphatic heterocycles. The molecule has 2 bridgehead atoms. The van der Waals surface area contributed by atoms with Gasteiger partial charge in [-0.05, 0) is 60.3 Å². The van der Waals surface area contributed by atoms with Gasteiger partial charge in [-0.1, -0.05) is 51.1 Å². The van der Waals surface area contributed by atoms with Gasteiger partial charge in [0.15, 0.2) is 0 Å². The van der Waals surface area contributed by atoms with E-state index >= 15 is 0 Å². The Kier molecular flexibility index (Phi) is 3.02. The summed E-state index contributed by atoms with van der Waals surface area (Å²) in [5, 5.41) is 4.16. The first kappa shape index (κ1) is 13.8. The Morgan fingerprint density at radius 1 is 1.05 bits per heavy atom. The van der Waals surface area contributed by atoms with Crippen LogP contribution in [0.2, 0.25) is 0 Å². The quantitative estimate of drug-likeness (QED) is 0.825. The molecule has 3 saturated carbocycles. The van der Waals surface area contributed by atoms with Crippen molar-refractivity contribution in [1.29, 1.82) is 0 Å². The molecule has 0 amide bonds. The van der Waals surface area contributed by atoms with E-state index in [0.29, 0.717) is 22.9 Å². The van der Waals surface area contributed by atoms with Crippen LogP contribution in [0.25, 0.3) is 0 Å². The maximum atomic E-state index is 4.16. The molecule has 0 spiro atoms. The minimum Gasteiger partial charge on any atom is -0.306 e. The van der Waals surface area contributed by atoms with E-state index in [-0.39, 0.29) is 0 Å². The van der Waals surface area contributed by atoms with Gasteiger partial charge in [0, 0.05) is 12.1 Å². The Morgan fingerprint density at radius 3 is 2.33 bits per heavy atom. The lowest BCUT2D eigenvalue weighted by Gasteiger charge is -2.45. The van der Waals surface area contributed by atoms with Crippen molar-refractivity contribution in [2.75, 3.05) is 0 Å². The summed E-state index contributed by atoms with van der Waals surface area (Å²) in [5.74, 6) is 1.79. The predicted octanol–water partition coefficient (Wildman–Crippen LogP) is 4.94. The van der Waals surface area contributed by atoms with Crippen LogP contribution < -0.4 is 5.32 Å². The summed E-state index contributed by atoms with van der Waals surface area (Å²) < 4.78 is 0. The Morgan fingerprint density at radius 2 is 1.76 bits per heavy atom. The van der Waals surface area contributed by atoms with Gasteiger partial charge >= 0.3 is 0 Å². The molecule has 3 aliphatic rings. The fraction of sp³-hybridized carbons (Fsp3) is 0.700. The maximum Gasteiger partial charge on any atom is 0.0351 e. The smallest absolute Gasteiger partial charge is 0.0351 e. The van der Waals surface area contributed by atoms with Gasteiger partial charge < -0.3 is 5.32 Å². The topological polar surface area (TPSA) is 12.0 Å². The van der Waals surface area contributed by atoms with Crippen molar-refractivity contribution in [3.8, 4) is 0 Å². The zero-order valence-corrected chi connectivity index (χ0v) is 13.7.